The van der Waals surface area contributed by atoms with Crippen molar-refractivity contribution in [2.75, 3.05) is 13.1 Å². The number of aryl methyl sites for hydroxylation is 3. The van der Waals surface area contributed by atoms with Crippen molar-refractivity contribution in [3.8, 4) is 0 Å². The highest BCUT2D eigenvalue weighted by Gasteiger charge is 2.22. The van der Waals surface area contributed by atoms with E-state index in [4.69, 9.17) is 9.26 Å². The summed E-state index contributed by atoms with van der Waals surface area (Å²) in [5.74, 6) is 1.20. The Bertz CT molecular complexity index is 621. The van der Waals surface area contributed by atoms with E-state index in [0.717, 1.165) is 38.2 Å². The molecule has 0 saturated carbocycles. The van der Waals surface area contributed by atoms with Crippen LogP contribution in [0.2, 0.25) is 0 Å². The number of aromatic nitrogens is 4. The third-order valence-electron chi connectivity index (χ3n) is 3.96. The predicted octanol–water partition coefficient (Wildman–Crippen LogP) is 1.60. The minimum absolute atomic E-state index is 0.224. The maximum atomic E-state index is 5.94. The van der Waals surface area contributed by atoms with Crippen LogP contribution >= 0.6 is 0 Å². The van der Waals surface area contributed by atoms with E-state index in [2.05, 4.69) is 26.2 Å². The van der Waals surface area contributed by atoms with E-state index in [0.29, 0.717) is 18.3 Å². The molecule has 0 radical (unpaired) electrons. The summed E-state index contributed by atoms with van der Waals surface area (Å²) >= 11 is 0. The molecule has 1 aliphatic rings. The molecule has 3 rings (SSSR count). The summed E-state index contributed by atoms with van der Waals surface area (Å²) in [6, 6.07) is 2.15. The summed E-state index contributed by atoms with van der Waals surface area (Å²) in [5.41, 5.74) is 2.31. The zero-order valence-corrected chi connectivity index (χ0v) is 13.4. The Morgan fingerprint density at radius 1 is 1.41 bits per heavy atom. The Kier molecular flexibility index (Phi) is 4.54. The minimum Gasteiger partial charge on any atom is -0.369 e. The second-order valence-electron chi connectivity index (χ2n) is 5.94. The topological polar surface area (TPSA) is 69.2 Å². The van der Waals surface area contributed by atoms with E-state index in [1.165, 1.54) is 5.69 Å². The molecule has 22 heavy (non-hydrogen) atoms. The summed E-state index contributed by atoms with van der Waals surface area (Å²) in [6.07, 6.45) is 2.45. The van der Waals surface area contributed by atoms with Crippen LogP contribution < -0.4 is 0 Å². The highest BCUT2D eigenvalue weighted by molar-refractivity contribution is 5.08. The zero-order valence-electron chi connectivity index (χ0n) is 13.4. The molecule has 0 aliphatic carbocycles. The van der Waals surface area contributed by atoms with Crippen LogP contribution in [0.25, 0.3) is 0 Å². The van der Waals surface area contributed by atoms with Crippen LogP contribution in [-0.2, 0) is 24.9 Å². The lowest BCUT2D eigenvalue weighted by atomic mass is 10.1. The van der Waals surface area contributed by atoms with Gasteiger partial charge in [0.15, 0.2) is 5.82 Å². The Morgan fingerprint density at radius 2 is 2.27 bits per heavy atom. The van der Waals surface area contributed by atoms with Gasteiger partial charge < -0.3 is 9.26 Å². The summed E-state index contributed by atoms with van der Waals surface area (Å²) in [4.78, 5) is 6.59. The van der Waals surface area contributed by atoms with Crippen molar-refractivity contribution in [1.82, 2.24) is 24.8 Å². The van der Waals surface area contributed by atoms with Crippen molar-refractivity contribution >= 4 is 0 Å². The summed E-state index contributed by atoms with van der Waals surface area (Å²) in [7, 11) is 2.00. The molecular weight excluding hydrogens is 282 g/mol. The van der Waals surface area contributed by atoms with Gasteiger partial charge in [0.1, 0.15) is 6.61 Å². The fourth-order valence-corrected chi connectivity index (χ4v) is 2.93. The van der Waals surface area contributed by atoms with Crippen LogP contribution in [0.4, 0.5) is 0 Å². The van der Waals surface area contributed by atoms with E-state index in [1.54, 1.807) is 6.92 Å². The van der Waals surface area contributed by atoms with Gasteiger partial charge in [-0.1, -0.05) is 5.16 Å². The SMILES string of the molecule is Cc1cc(CN2CCCC(OCc3noc(C)n3)C2)n(C)n1. The number of rotatable bonds is 5. The molecule has 1 fully saturated rings. The molecule has 0 N–H and O–H groups in total. The van der Waals surface area contributed by atoms with Crippen molar-refractivity contribution < 1.29 is 9.26 Å². The lowest BCUT2D eigenvalue weighted by Crippen LogP contribution is -2.39. The minimum atomic E-state index is 0.224. The number of hydrogen-bond acceptors (Lipinski definition) is 6. The van der Waals surface area contributed by atoms with Crippen LogP contribution in [0.3, 0.4) is 0 Å². The first kappa shape index (κ1) is 15.2. The molecular formula is C15H23N5O2. The monoisotopic (exact) mass is 305 g/mol. The van der Waals surface area contributed by atoms with E-state index in [9.17, 15) is 0 Å². The number of piperidine rings is 1. The third-order valence-corrected chi connectivity index (χ3v) is 3.96. The second-order valence-corrected chi connectivity index (χ2v) is 5.94. The molecule has 7 heteroatoms. The lowest BCUT2D eigenvalue weighted by Gasteiger charge is -2.32. The normalized spacial score (nSPS) is 19.7. The second kappa shape index (κ2) is 6.58. The highest BCUT2D eigenvalue weighted by atomic mass is 16.5. The Balaban J connectivity index is 1.51. The predicted molar refractivity (Wildman–Crippen MR) is 80.1 cm³/mol. The molecule has 1 aliphatic heterocycles. The van der Waals surface area contributed by atoms with Crippen molar-refractivity contribution in [2.24, 2.45) is 7.05 Å². The van der Waals surface area contributed by atoms with Gasteiger partial charge in [-0.3, -0.25) is 9.58 Å². The molecule has 0 spiro atoms. The van der Waals surface area contributed by atoms with Crippen LogP contribution in [0.15, 0.2) is 10.6 Å². The Labute approximate surface area is 130 Å². The fourth-order valence-electron chi connectivity index (χ4n) is 2.93. The lowest BCUT2D eigenvalue weighted by molar-refractivity contribution is -0.0156. The molecule has 2 aromatic heterocycles. The quantitative estimate of drug-likeness (QED) is 0.836. The van der Waals surface area contributed by atoms with Gasteiger partial charge in [0.2, 0.25) is 5.89 Å². The van der Waals surface area contributed by atoms with Crippen LogP contribution in [0.5, 0.6) is 0 Å². The van der Waals surface area contributed by atoms with Crippen molar-refractivity contribution in [3.05, 3.63) is 29.2 Å². The van der Waals surface area contributed by atoms with Crippen molar-refractivity contribution in [2.45, 2.75) is 45.9 Å². The van der Waals surface area contributed by atoms with Gasteiger partial charge in [0.25, 0.3) is 0 Å². The van der Waals surface area contributed by atoms with Gasteiger partial charge >= 0.3 is 0 Å². The molecule has 0 amide bonds. The largest absolute Gasteiger partial charge is 0.369 e. The summed E-state index contributed by atoms with van der Waals surface area (Å²) in [5, 5.41) is 8.27. The zero-order chi connectivity index (χ0) is 15.5. The molecule has 120 valence electrons. The van der Waals surface area contributed by atoms with E-state index < -0.39 is 0 Å². The summed E-state index contributed by atoms with van der Waals surface area (Å²) in [6.45, 7) is 7.18. The third kappa shape index (κ3) is 3.72. The van der Waals surface area contributed by atoms with Gasteiger partial charge in [-0.15, -0.1) is 0 Å². The smallest absolute Gasteiger partial charge is 0.223 e. The first-order valence-corrected chi connectivity index (χ1v) is 7.73. The molecule has 3 heterocycles. The van der Waals surface area contributed by atoms with Gasteiger partial charge in [0.05, 0.1) is 17.5 Å². The average molecular weight is 305 g/mol. The number of nitrogens with zero attached hydrogens (tertiary/aromatic N) is 5. The molecule has 1 atom stereocenters. The van der Waals surface area contributed by atoms with Crippen molar-refractivity contribution in [3.63, 3.8) is 0 Å². The van der Waals surface area contributed by atoms with Crippen LogP contribution in [0, 0.1) is 13.8 Å². The highest BCUT2D eigenvalue weighted by Crippen LogP contribution is 2.17. The molecule has 0 bridgehead atoms. The van der Waals surface area contributed by atoms with Gasteiger partial charge in [0, 0.05) is 27.1 Å². The van der Waals surface area contributed by atoms with E-state index in [-0.39, 0.29) is 6.10 Å². The first-order valence-electron chi connectivity index (χ1n) is 7.73. The van der Waals surface area contributed by atoms with Gasteiger partial charge in [-0.2, -0.15) is 10.1 Å². The standard InChI is InChI=1S/C15H23N5O2/c1-11-7-13(19(3)17-11)8-20-6-4-5-14(9-20)21-10-15-16-12(2)22-18-15/h7,14H,4-6,8-10H2,1-3H3. The van der Waals surface area contributed by atoms with Crippen LogP contribution in [-0.4, -0.2) is 44.0 Å². The molecule has 1 unspecified atom stereocenters. The fraction of sp³-hybridized carbons (Fsp3) is 0.667. The molecule has 2 aromatic rings. The molecule has 1 saturated heterocycles. The van der Waals surface area contributed by atoms with Crippen LogP contribution in [0.1, 0.15) is 35.9 Å². The van der Waals surface area contributed by atoms with Gasteiger partial charge in [-0.05, 0) is 32.4 Å². The maximum Gasteiger partial charge on any atom is 0.223 e. The number of ether oxygens (including phenoxy) is 1. The average Bonchev–Trinajstić information content (AvgIpc) is 3.03. The Morgan fingerprint density at radius 3 is 2.95 bits per heavy atom. The number of hydrogen-bond donors (Lipinski definition) is 0. The molecule has 0 aromatic carbocycles. The Hall–Kier alpha value is -1.73. The van der Waals surface area contributed by atoms with Gasteiger partial charge in [-0.25, -0.2) is 0 Å². The number of likely N-dealkylation sites (tertiary alicyclic amines) is 1. The van der Waals surface area contributed by atoms with E-state index >= 15 is 0 Å². The molecule has 7 nitrogen and oxygen atoms in total. The maximum absolute atomic E-state index is 5.94. The first-order chi connectivity index (χ1) is 10.6. The van der Waals surface area contributed by atoms with E-state index in [1.807, 2.05) is 18.7 Å². The van der Waals surface area contributed by atoms with Crippen molar-refractivity contribution in [1.29, 1.82) is 0 Å². The summed E-state index contributed by atoms with van der Waals surface area (Å²) < 4.78 is 12.9.